The van der Waals surface area contributed by atoms with Crippen LogP contribution in [0.25, 0.3) is 5.69 Å². The van der Waals surface area contributed by atoms with Crippen molar-refractivity contribution in [2.75, 3.05) is 31.5 Å². The van der Waals surface area contributed by atoms with Crippen molar-refractivity contribution >= 4 is 23.8 Å². The predicted molar refractivity (Wildman–Crippen MR) is 132 cm³/mol. The maximum atomic E-state index is 12.7. The highest BCUT2D eigenvalue weighted by Crippen LogP contribution is 2.16. The van der Waals surface area contributed by atoms with E-state index in [-0.39, 0.29) is 32.0 Å². The number of rotatable bonds is 7. The van der Waals surface area contributed by atoms with Crippen LogP contribution in [0.1, 0.15) is 32.8 Å². The average molecular weight is 501 g/mol. The Labute approximate surface area is 208 Å². The molecule has 0 bridgehead atoms. The lowest BCUT2D eigenvalue weighted by Gasteiger charge is -2.37. The summed E-state index contributed by atoms with van der Waals surface area (Å²) < 4.78 is 6.25. The number of carbonyl (C=O) groups excluding carboxylic acids is 3. The number of ether oxygens (including phenoxy) is 1. The zero-order chi connectivity index (χ0) is 26.5. The molecule has 4 amide bonds. The molecule has 1 aliphatic rings. The Hall–Kier alpha value is -3.93. The summed E-state index contributed by atoms with van der Waals surface area (Å²) in [5.41, 5.74) is 4.65. The summed E-state index contributed by atoms with van der Waals surface area (Å²) in [4.78, 5) is 55.8. The van der Waals surface area contributed by atoms with Crippen molar-refractivity contribution in [1.29, 1.82) is 0 Å². The maximum Gasteiger partial charge on any atom is 0.405 e. The quantitative estimate of drug-likeness (QED) is 0.513. The third kappa shape index (κ3) is 6.60. The van der Waals surface area contributed by atoms with Gasteiger partial charge in [-0.2, -0.15) is 4.98 Å². The summed E-state index contributed by atoms with van der Waals surface area (Å²) >= 11 is 0. The molecule has 1 atom stereocenters. The Morgan fingerprint density at radius 3 is 2.28 bits per heavy atom. The number of hydrogen-bond acceptors (Lipinski definition) is 7. The molecule has 36 heavy (non-hydrogen) atoms. The highest BCUT2D eigenvalue weighted by atomic mass is 16.6. The lowest BCUT2D eigenvalue weighted by Crippen LogP contribution is -2.56. The van der Waals surface area contributed by atoms with E-state index in [9.17, 15) is 24.3 Å². The highest BCUT2D eigenvalue weighted by molar-refractivity contribution is 5.89. The van der Waals surface area contributed by atoms with E-state index in [1.165, 1.54) is 40.5 Å². The van der Waals surface area contributed by atoms with Gasteiger partial charge >= 0.3 is 17.8 Å². The normalized spacial score (nSPS) is 14.8. The molecule has 12 nitrogen and oxygen atoms in total. The predicted octanol–water partition coefficient (Wildman–Crippen LogP) is 1.10. The van der Waals surface area contributed by atoms with E-state index in [0.717, 1.165) is 5.56 Å². The number of aliphatic hydroxyl groups is 1. The van der Waals surface area contributed by atoms with E-state index in [0.29, 0.717) is 18.5 Å². The van der Waals surface area contributed by atoms with Crippen molar-refractivity contribution in [1.82, 2.24) is 19.4 Å². The summed E-state index contributed by atoms with van der Waals surface area (Å²) in [5.74, 6) is -0.292. The van der Waals surface area contributed by atoms with Crippen LogP contribution in [0.2, 0.25) is 0 Å². The Morgan fingerprint density at radius 1 is 1.11 bits per heavy atom. The fraction of sp³-hybridized carbons (Fsp3) is 0.458. The van der Waals surface area contributed by atoms with Crippen molar-refractivity contribution in [2.45, 2.75) is 45.3 Å². The van der Waals surface area contributed by atoms with E-state index >= 15 is 0 Å². The summed E-state index contributed by atoms with van der Waals surface area (Å²) in [5, 5.41) is 12.4. The molecule has 1 saturated heterocycles. The molecule has 1 aliphatic heterocycles. The number of benzene rings is 1. The lowest BCUT2D eigenvalue weighted by atomic mass is 10.1. The van der Waals surface area contributed by atoms with Crippen molar-refractivity contribution < 1.29 is 24.2 Å². The van der Waals surface area contributed by atoms with Crippen LogP contribution in [-0.4, -0.2) is 80.4 Å². The van der Waals surface area contributed by atoms with Gasteiger partial charge in [-0.1, -0.05) is 19.1 Å². The zero-order valence-electron chi connectivity index (χ0n) is 20.6. The minimum Gasteiger partial charge on any atom is -0.434 e. The molecular weight excluding hydrogens is 468 g/mol. The smallest absolute Gasteiger partial charge is 0.405 e. The molecule has 2 heterocycles. The molecule has 1 aromatic heterocycles. The molecular formula is C24H32N6O6. The van der Waals surface area contributed by atoms with Crippen LogP contribution < -0.4 is 16.7 Å². The molecule has 3 rings (SSSR count). The molecule has 12 heteroatoms. The van der Waals surface area contributed by atoms with Gasteiger partial charge < -0.3 is 25.4 Å². The van der Waals surface area contributed by atoms with Gasteiger partial charge in [0.25, 0.3) is 5.91 Å². The van der Waals surface area contributed by atoms with Crippen molar-refractivity contribution in [2.24, 2.45) is 5.73 Å². The summed E-state index contributed by atoms with van der Waals surface area (Å²) in [6, 6.07) is 8.32. The molecule has 0 radical (unpaired) electrons. The van der Waals surface area contributed by atoms with Crippen LogP contribution >= 0.6 is 0 Å². The first-order valence-corrected chi connectivity index (χ1v) is 11.7. The number of carbonyl (C=O) groups is 3. The average Bonchev–Trinajstić information content (AvgIpc) is 2.83. The van der Waals surface area contributed by atoms with Crippen LogP contribution in [-0.2, 0) is 16.0 Å². The summed E-state index contributed by atoms with van der Waals surface area (Å²) in [6.45, 7) is 5.82. The minimum absolute atomic E-state index is 0.110. The van der Waals surface area contributed by atoms with E-state index in [4.69, 9.17) is 10.5 Å². The number of anilines is 1. The van der Waals surface area contributed by atoms with Gasteiger partial charge in [-0.15, -0.1) is 0 Å². The van der Waals surface area contributed by atoms with Gasteiger partial charge in [0.1, 0.15) is 5.82 Å². The van der Waals surface area contributed by atoms with Gasteiger partial charge in [0.2, 0.25) is 0 Å². The van der Waals surface area contributed by atoms with Crippen LogP contribution in [0.5, 0.6) is 0 Å². The SMILES string of the molecule is CCC(O)Cc1ccc(-n2ccc(NC(=O)N3CCN(C(=O)C(C)(C)OC(N)=O)CC3)nc2=O)cc1. The second-order valence-electron chi connectivity index (χ2n) is 9.04. The number of piperazine rings is 1. The molecule has 0 aliphatic carbocycles. The second kappa shape index (κ2) is 11.2. The Morgan fingerprint density at radius 2 is 1.72 bits per heavy atom. The van der Waals surface area contributed by atoms with Crippen LogP contribution in [0.15, 0.2) is 41.3 Å². The molecule has 0 spiro atoms. The van der Waals surface area contributed by atoms with Gasteiger partial charge in [0.15, 0.2) is 5.60 Å². The van der Waals surface area contributed by atoms with Crippen molar-refractivity contribution in [3.63, 3.8) is 0 Å². The van der Waals surface area contributed by atoms with Gasteiger partial charge in [-0.3, -0.25) is 14.7 Å². The van der Waals surface area contributed by atoms with Crippen LogP contribution in [0.4, 0.5) is 15.4 Å². The summed E-state index contributed by atoms with van der Waals surface area (Å²) in [6.07, 6.45) is 1.28. The maximum absolute atomic E-state index is 12.7. The van der Waals surface area contributed by atoms with Crippen LogP contribution in [0.3, 0.4) is 0 Å². The van der Waals surface area contributed by atoms with E-state index < -0.39 is 35.4 Å². The number of aliphatic hydroxyl groups excluding tert-OH is 1. The van der Waals surface area contributed by atoms with E-state index in [2.05, 4.69) is 10.3 Å². The molecule has 0 saturated carbocycles. The number of amides is 4. The highest BCUT2D eigenvalue weighted by Gasteiger charge is 2.37. The first kappa shape index (κ1) is 26.7. The van der Waals surface area contributed by atoms with Gasteiger partial charge in [0.05, 0.1) is 11.8 Å². The van der Waals surface area contributed by atoms with E-state index in [1.807, 2.05) is 19.1 Å². The fourth-order valence-electron chi connectivity index (χ4n) is 3.86. The molecule has 4 N–H and O–H groups in total. The summed E-state index contributed by atoms with van der Waals surface area (Å²) in [7, 11) is 0. The molecule has 1 unspecified atom stereocenters. The number of aromatic nitrogens is 2. The topological polar surface area (TPSA) is 160 Å². The minimum atomic E-state index is -1.40. The molecule has 194 valence electrons. The third-order valence-corrected chi connectivity index (χ3v) is 5.92. The van der Waals surface area contributed by atoms with Crippen molar-refractivity contribution in [3.8, 4) is 5.69 Å². The van der Waals surface area contributed by atoms with Gasteiger partial charge in [-0.25, -0.2) is 14.4 Å². The largest absolute Gasteiger partial charge is 0.434 e. The molecule has 1 aromatic carbocycles. The number of nitrogens with two attached hydrogens (primary N) is 1. The van der Waals surface area contributed by atoms with Gasteiger partial charge in [-0.05, 0) is 50.5 Å². The Kier molecular flexibility index (Phi) is 8.30. The monoisotopic (exact) mass is 500 g/mol. The van der Waals surface area contributed by atoms with E-state index in [1.54, 1.807) is 12.1 Å². The van der Waals surface area contributed by atoms with Gasteiger partial charge in [0, 0.05) is 32.4 Å². The number of hydrogen-bond donors (Lipinski definition) is 3. The molecule has 2 aromatic rings. The fourth-order valence-corrected chi connectivity index (χ4v) is 3.86. The zero-order valence-corrected chi connectivity index (χ0v) is 20.6. The lowest BCUT2D eigenvalue weighted by molar-refractivity contribution is -0.149. The second-order valence-corrected chi connectivity index (χ2v) is 9.04. The Bertz CT molecular complexity index is 1150. The third-order valence-electron chi connectivity index (χ3n) is 5.92. The number of urea groups is 1. The standard InChI is InChI=1S/C24H32N6O6/c1-4-18(31)15-16-5-7-17(8-6-16)30-10-9-19(27-23(30)35)26-22(34)29-13-11-28(12-14-29)20(32)24(2,3)36-21(25)33/h5-10,18,31H,4,11-15H2,1-3H3,(H2,25,33)(H,26,27,34,35). The number of nitrogens with one attached hydrogen (secondary N) is 1. The Balaban J connectivity index is 1.58. The first-order valence-electron chi connectivity index (χ1n) is 11.7. The molecule has 1 fully saturated rings. The number of primary amides is 1. The van der Waals surface area contributed by atoms with Crippen LogP contribution in [0, 0.1) is 0 Å². The number of nitrogens with zero attached hydrogens (tertiary/aromatic N) is 4. The first-order chi connectivity index (χ1) is 17.0. The van der Waals surface area contributed by atoms with Crippen molar-refractivity contribution in [3.05, 3.63) is 52.6 Å².